The van der Waals surface area contributed by atoms with Crippen LogP contribution in [-0.2, 0) is 19.1 Å². The summed E-state index contributed by atoms with van der Waals surface area (Å²) < 4.78 is 10.3. The van der Waals surface area contributed by atoms with E-state index in [0.29, 0.717) is 6.42 Å². The number of hydrogen-bond donors (Lipinski definition) is 0. The number of unbranched alkanes of at least 4 members (excludes halogenated alkanes) is 2. The molecule has 2 unspecified atom stereocenters. The first-order valence-corrected chi connectivity index (χ1v) is 6.21. The fourth-order valence-corrected chi connectivity index (χ4v) is 1.49. The van der Waals surface area contributed by atoms with Crippen LogP contribution in [0.4, 0.5) is 0 Å². The monoisotopic (exact) mass is 254 g/mol. The molecule has 0 saturated carbocycles. The normalized spacial score (nSPS) is 13.2. The second-order valence-corrected chi connectivity index (χ2v) is 4.02. The summed E-state index contributed by atoms with van der Waals surface area (Å²) in [7, 11) is 0. The van der Waals surface area contributed by atoms with Gasteiger partial charge in [-0.15, -0.1) is 0 Å². The molecule has 4 nitrogen and oxygen atoms in total. The van der Waals surface area contributed by atoms with Crippen molar-refractivity contribution in [3.8, 4) is 0 Å². The minimum atomic E-state index is -0.516. The number of ether oxygens (including phenoxy) is 2. The van der Waals surface area contributed by atoms with E-state index in [4.69, 9.17) is 9.47 Å². The summed E-state index contributed by atoms with van der Waals surface area (Å²) in [6.45, 7) is 10.5. The molecule has 0 bridgehead atoms. The van der Waals surface area contributed by atoms with E-state index < -0.39 is 24.1 Å². The maximum Gasteiger partial charge on any atom is 0.330 e. The average molecular weight is 254 g/mol. The van der Waals surface area contributed by atoms with E-state index in [1.807, 2.05) is 0 Å². The van der Waals surface area contributed by atoms with Crippen molar-refractivity contribution in [3.63, 3.8) is 0 Å². The molecule has 0 aromatic carbocycles. The van der Waals surface area contributed by atoms with Crippen LogP contribution >= 0.6 is 0 Å². The van der Waals surface area contributed by atoms with Gasteiger partial charge in [0.2, 0.25) is 0 Å². The fourth-order valence-electron chi connectivity index (χ4n) is 1.49. The zero-order valence-corrected chi connectivity index (χ0v) is 11.2. The third-order valence-electron chi connectivity index (χ3n) is 2.52. The molecule has 2 atom stereocenters. The van der Waals surface area contributed by atoms with Crippen LogP contribution in [0.1, 0.15) is 39.5 Å². The molecule has 4 heteroatoms. The van der Waals surface area contributed by atoms with Crippen LogP contribution in [0.3, 0.4) is 0 Å². The van der Waals surface area contributed by atoms with Gasteiger partial charge in [-0.2, -0.15) is 0 Å². The van der Waals surface area contributed by atoms with Crippen LogP contribution in [0.2, 0.25) is 0 Å². The van der Waals surface area contributed by atoms with Crippen molar-refractivity contribution in [2.75, 3.05) is 0 Å². The van der Waals surface area contributed by atoms with Gasteiger partial charge in [0.05, 0.1) is 0 Å². The summed E-state index contributed by atoms with van der Waals surface area (Å²) in [5, 5.41) is 0. The molecule has 0 amide bonds. The van der Waals surface area contributed by atoms with Gasteiger partial charge in [-0.05, 0) is 19.8 Å². The van der Waals surface area contributed by atoms with Crippen molar-refractivity contribution in [1.29, 1.82) is 0 Å². The van der Waals surface area contributed by atoms with Crippen molar-refractivity contribution >= 4 is 11.9 Å². The highest BCUT2D eigenvalue weighted by Gasteiger charge is 2.23. The molecule has 18 heavy (non-hydrogen) atoms. The van der Waals surface area contributed by atoms with Gasteiger partial charge in [0.15, 0.2) is 0 Å². The minimum absolute atomic E-state index is 0.439. The highest BCUT2D eigenvalue weighted by Crippen LogP contribution is 2.14. The fraction of sp³-hybridized carbons (Fsp3) is 0.571. The quantitative estimate of drug-likeness (QED) is 0.360. The zero-order valence-electron chi connectivity index (χ0n) is 11.2. The standard InChI is InChI=1S/C14H22O4/c1-5-8-9-10-12(18-14(16)7-3)11(4)17-13(15)6-2/h6-7,11-12H,2-3,5,8-10H2,1,4H3. The van der Waals surface area contributed by atoms with Gasteiger partial charge in [-0.3, -0.25) is 0 Å². The van der Waals surface area contributed by atoms with Gasteiger partial charge >= 0.3 is 11.9 Å². The van der Waals surface area contributed by atoms with Crippen molar-refractivity contribution in [3.05, 3.63) is 25.3 Å². The summed E-state index contributed by atoms with van der Waals surface area (Å²) in [6.07, 6.45) is 4.97. The predicted octanol–water partition coefficient (Wildman–Crippen LogP) is 2.78. The Labute approximate surface area is 109 Å². The van der Waals surface area contributed by atoms with Gasteiger partial charge < -0.3 is 9.47 Å². The number of rotatable bonds is 9. The van der Waals surface area contributed by atoms with E-state index in [1.54, 1.807) is 6.92 Å². The van der Waals surface area contributed by atoms with E-state index in [-0.39, 0.29) is 0 Å². The van der Waals surface area contributed by atoms with E-state index in [2.05, 4.69) is 20.1 Å². The summed E-state index contributed by atoms with van der Waals surface area (Å²) in [5.41, 5.74) is 0. The molecule has 0 heterocycles. The molecule has 0 rings (SSSR count). The Bertz CT molecular complexity index is 296. The molecule has 102 valence electrons. The molecule has 0 saturated heterocycles. The molecular weight excluding hydrogens is 232 g/mol. The van der Waals surface area contributed by atoms with Crippen LogP contribution in [0.5, 0.6) is 0 Å². The molecule has 0 aliphatic carbocycles. The number of carbonyl (C=O) groups is 2. The van der Waals surface area contributed by atoms with E-state index in [0.717, 1.165) is 31.4 Å². The molecule has 0 fully saturated rings. The minimum Gasteiger partial charge on any atom is -0.456 e. The number of hydrogen-bond acceptors (Lipinski definition) is 4. The van der Waals surface area contributed by atoms with E-state index in [9.17, 15) is 9.59 Å². The summed E-state index contributed by atoms with van der Waals surface area (Å²) >= 11 is 0. The van der Waals surface area contributed by atoms with Gasteiger partial charge in [-0.25, -0.2) is 9.59 Å². The first-order chi connectivity index (χ1) is 8.54. The molecular formula is C14H22O4. The Morgan fingerprint density at radius 1 is 1.11 bits per heavy atom. The predicted molar refractivity (Wildman–Crippen MR) is 70.0 cm³/mol. The number of carbonyl (C=O) groups excluding carboxylic acids is 2. The maximum atomic E-state index is 11.2. The third kappa shape index (κ3) is 6.89. The van der Waals surface area contributed by atoms with Crippen LogP contribution < -0.4 is 0 Å². The molecule has 0 N–H and O–H groups in total. The highest BCUT2D eigenvalue weighted by atomic mass is 16.6. The van der Waals surface area contributed by atoms with Gasteiger partial charge in [-0.1, -0.05) is 32.9 Å². The molecule has 0 radical (unpaired) electrons. The molecule has 0 aromatic heterocycles. The lowest BCUT2D eigenvalue weighted by Crippen LogP contribution is -2.32. The lowest BCUT2D eigenvalue weighted by atomic mass is 10.1. The zero-order chi connectivity index (χ0) is 14.0. The Morgan fingerprint density at radius 3 is 2.17 bits per heavy atom. The Hall–Kier alpha value is -1.58. The van der Waals surface area contributed by atoms with Gasteiger partial charge in [0.1, 0.15) is 12.2 Å². The van der Waals surface area contributed by atoms with Gasteiger partial charge in [0.25, 0.3) is 0 Å². The Morgan fingerprint density at radius 2 is 1.67 bits per heavy atom. The molecule has 0 aromatic rings. The molecule has 0 spiro atoms. The topological polar surface area (TPSA) is 52.6 Å². The summed E-state index contributed by atoms with van der Waals surface area (Å²) in [5.74, 6) is -1.02. The lowest BCUT2D eigenvalue weighted by Gasteiger charge is -2.23. The summed E-state index contributed by atoms with van der Waals surface area (Å²) in [6, 6.07) is 0. The third-order valence-corrected chi connectivity index (χ3v) is 2.52. The lowest BCUT2D eigenvalue weighted by molar-refractivity contribution is -0.160. The molecule has 0 aliphatic rings. The molecule has 0 aliphatic heterocycles. The van der Waals surface area contributed by atoms with E-state index in [1.165, 1.54) is 0 Å². The first kappa shape index (κ1) is 16.4. The average Bonchev–Trinajstić information content (AvgIpc) is 2.37. The van der Waals surface area contributed by atoms with Crippen LogP contribution in [-0.4, -0.2) is 24.1 Å². The van der Waals surface area contributed by atoms with E-state index >= 15 is 0 Å². The first-order valence-electron chi connectivity index (χ1n) is 6.21. The second kappa shape index (κ2) is 9.45. The highest BCUT2D eigenvalue weighted by molar-refractivity contribution is 5.82. The van der Waals surface area contributed by atoms with Crippen molar-refractivity contribution in [1.82, 2.24) is 0 Å². The largest absolute Gasteiger partial charge is 0.456 e. The van der Waals surface area contributed by atoms with Crippen LogP contribution in [0.25, 0.3) is 0 Å². The maximum absolute atomic E-state index is 11.2. The smallest absolute Gasteiger partial charge is 0.330 e. The second-order valence-electron chi connectivity index (χ2n) is 4.02. The SMILES string of the molecule is C=CC(=O)OC(C)C(CCCCC)OC(=O)C=C. The Balaban J connectivity index is 4.41. The van der Waals surface area contributed by atoms with Gasteiger partial charge in [0, 0.05) is 12.2 Å². The Kier molecular flexibility index (Phi) is 8.62. The number of esters is 2. The van der Waals surface area contributed by atoms with Crippen LogP contribution in [0.15, 0.2) is 25.3 Å². The van der Waals surface area contributed by atoms with Crippen molar-refractivity contribution in [2.24, 2.45) is 0 Å². The summed E-state index contributed by atoms with van der Waals surface area (Å²) in [4.78, 5) is 22.3. The van der Waals surface area contributed by atoms with Crippen molar-refractivity contribution < 1.29 is 19.1 Å². The van der Waals surface area contributed by atoms with Crippen LogP contribution in [0, 0.1) is 0 Å². The van der Waals surface area contributed by atoms with Crippen molar-refractivity contribution in [2.45, 2.75) is 51.7 Å².